The van der Waals surface area contributed by atoms with Gasteiger partial charge >= 0.3 is 0 Å². The maximum Gasteiger partial charge on any atom is 0.256 e. The van der Waals surface area contributed by atoms with Crippen LogP contribution in [0.1, 0.15) is 29.5 Å². The molecule has 3 aromatic carbocycles. The van der Waals surface area contributed by atoms with E-state index >= 15 is 0 Å². The highest BCUT2D eigenvalue weighted by atomic mass is 35.5. The number of nitrogens with zero attached hydrogens (tertiary/aromatic N) is 1. The van der Waals surface area contributed by atoms with E-state index < -0.39 is 23.4 Å². The molecule has 4 atom stereocenters. The van der Waals surface area contributed by atoms with Crippen molar-refractivity contribution in [1.82, 2.24) is 5.32 Å². The Bertz CT molecular complexity index is 1230. The molecule has 0 aliphatic carbocycles. The molecule has 2 heterocycles. The topological polar surface area (TPSA) is 93.5 Å². The summed E-state index contributed by atoms with van der Waals surface area (Å²) in [5.41, 5.74) is 1.38. The van der Waals surface area contributed by atoms with Crippen molar-refractivity contribution < 1.29 is 14.5 Å². The van der Waals surface area contributed by atoms with Crippen LogP contribution >= 0.6 is 11.6 Å². The first-order valence-corrected chi connectivity index (χ1v) is 11.1. The Kier molecular flexibility index (Phi) is 5.31. The summed E-state index contributed by atoms with van der Waals surface area (Å²) in [4.78, 5) is 25.4. The van der Waals surface area contributed by atoms with Crippen LogP contribution in [0.2, 0.25) is 5.02 Å². The van der Waals surface area contributed by atoms with Crippen molar-refractivity contribution >= 4 is 23.2 Å². The van der Waals surface area contributed by atoms with E-state index in [0.29, 0.717) is 34.2 Å². The van der Waals surface area contributed by atoms with E-state index in [-0.39, 0.29) is 11.0 Å². The van der Waals surface area contributed by atoms with Crippen LogP contribution in [0.4, 0.5) is 5.69 Å². The summed E-state index contributed by atoms with van der Waals surface area (Å²) in [5.74, 6) is -0.431. The van der Waals surface area contributed by atoms with Gasteiger partial charge in [-0.25, -0.2) is 0 Å². The average molecular weight is 464 g/mol. The zero-order valence-electron chi connectivity index (χ0n) is 17.8. The number of carbonyl (C=O) groups is 1. The van der Waals surface area contributed by atoms with E-state index in [1.165, 1.54) is 0 Å². The Morgan fingerprint density at radius 2 is 1.76 bits per heavy atom. The molecule has 33 heavy (non-hydrogen) atoms. The smallest absolute Gasteiger partial charge is 0.256 e. The first-order valence-electron chi connectivity index (χ1n) is 10.7. The van der Waals surface area contributed by atoms with Gasteiger partial charge in [0.1, 0.15) is 12.4 Å². The molecule has 8 heteroatoms. The predicted octanol–water partition coefficient (Wildman–Crippen LogP) is 4.49. The Hall–Kier alpha value is -3.42. The number of carbonyl (C=O) groups excluding carboxylic acids is 1. The number of benzene rings is 3. The Morgan fingerprint density at radius 1 is 1.06 bits per heavy atom. The van der Waals surface area contributed by atoms with Gasteiger partial charge < -0.3 is 10.1 Å². The number of para-hydroxylation sites is 2. The van der Waals surface area contributed by atoms with Gasteiger partial charge in [-0.3, -0.25) is 20.2 Å². The summed E-state index contributed by atoms with van der Waals surface area (Å²) in [6.07, 6.45) is 0. The van der Waals surface area contributed by atoms with Crippen LogP contribution in [0.15, 0.2) is 72.8 Å². The molecule has 0 bridgehead atoms. The average Bonchev–Trinajstić information content (AvgIpc) is 3.27. The lowest BCUT2D eigenvalue weighted by atomic mass is 9.78. The van der Waals surface area contributed by atoms with Crippen LogP contribution in [0, 0.1) is 10.1 Å². The highest BCUT2D eigenvalue weighted by Crippen LogP contribution is 2.50. The molecule has 2 N–H and O–H groups in total. The van der Waals surface area contributed by atoms with Crippen molar-refractivity contribution in [2.75, 3.05) is 5.32 Å². The molecule has 1 spiro atoms. The Balaban J connectivity index is 1.54. The summed E-state index contributed by atoms with van der Waals surface area (Å²) in [6, 6.07) is 20.2. The molecule has 168 valence electrons. The van der Waals surface area contributed by atoms with E-state index in [2.05, 4.69) is 10.6 Å². The maximum atomic E-state index is 13.2. The van der Waals surface area contributed by atoms with Crippen molar-refractivity contribution in [1.29, 1.82) is 0 Å². The molecule has 0 saturated carbocycles. The number of halogens is 1. The Labute approximate surface area is 195 Å². The molecule has 2 aliphatic rings. The molecule has 1 fully saturated rings. The molecule has 0 aromatic heterocycles. The van der Waals surface area contributed by atoms with Gasteiger partial charge in [0, 0.05) is 32.8 Å². The summed E-state index contributed by atoms with van der Waals surface area (Å²) >= 11 is 5.96. The number of ether oxygens (including phenoxy) is 1. The van der Waals surface area contributed by atoms with Gasteiger partial charge in [0.25, 0.3) is 11.9 Å². The van der Waals surface area contributed by atoms with Crippen molar-refractivity contribution in [3.05, 3.63) is 105 Å². The molecule has 1 saturated heterocycles. The molecule has 5 rings (SSSR count). The minimum atomic E-state index is -1.45. The molecular formula is C25H22ClN3O4. The SMILES string of the molecule is C[C@@H]1N[C@]2(C(=O)Nc3ccccc32)[C@H]([N+](=O)[O-])[C@@H]1c1ccccc1OCc1ccc(Cl)cc1. The molecular weight excluding hydrogens is 442 g/mol. The first-order chi connectivity index (χ1) is 15.9. The number of rotatable bonds is 5. The second-order valence-electron chi connectivity index (χ2n) is 8.45. The van der Waals surface area contributed by atoms with Crippen molar-refractivity contribution in [2.45, 2.75) is 37.1 Å². The highest BCUT2D eigenvalue weighted by molar-refractivity contribution is 6.30. The fraction of sp³-hybridized carbons (Fsp3) is 0.240. The Morgan fingerprint density at radius 3 is 2.52 bits per heavy atom. The standard InChI is InChI=1S/C25H22ClN3O4/c1-15-22(18-6-2-5-9-21(18)33-14-16-10-12-17(26)13-11-16)23(29(31)32)25(28-15)19-7-3-4-8-20(19)27-24(25)30/h2-13,15,22-23,28H,14H2,1H3,(H,27,30)/t15-,22-,23+,25-/m0/s1. The number of amides is 1. The highest BCUT2D eigenvalue weighted by Gasteiger charge is 2.67. The van der Waals surface area contributed by atoms with E-state index in [0.717, 1.165) is 5.56 Å². The number of fused-ring (bicyclic) bond motifs is 2. The number of hydrogen-bond acceptors (Lipinski definition) is 5. The molecule has 3 aromatic rings. The summed E-state index contributed by atoms with van der Waals surface area (Å²) in [5, 5.41) is 19.3. The van der Waals surface area contributed by atoms with Crippen LogP contribution in [0.5, 0.6) is 5.75 Å². The van der Waals surface area contributed by atoms with Gasteiger partial charge in [-0.05, 0) is 36.8 Å². The summed E-state index contributed by atoms with van der Waals surface area (Å²) in [6.45, 7) is 2.17. The lowest BCUT2D eigenvalue weighted by molar-refractivity contribution is -0.532. The fourth-order valence-corrected chi connectivity index (χ4v) is 5.28. The third-order valence-electron chi connectivity index (χ3n) is 6.55. The van der Waals surface area contributed by atoms with Gasteiger partial charge in [0.15, 0.2) is 5.54 Å². The van der Waals surface area contributed by atoms with Crippen molar-refractivity contribution in [3.63, 3.8) is 0 Å². The van der Waals surface area contributed by atoms with Crippen LogP contribution in [0.3, 0.4) is 0 Å². The van der Waals surface area contributed by atoms with Crippen molar-refractivity contribution in [2.24, 2.45) is 0 Å². The minimum Gasteiger partial charge on any atom is -0.489 e. The maximum absolute atomic E-state index is 13.2. The third kappa shape index (κ3) is 3.44. The number of nitrogens with one attached hydrogen (secondary N) is 2. The lowest BCUT2D eigenvalue weighted by Gasteiger charge is -2.26. The van der Waals surface area contributed by atoms with E-state index in [9.17, 15) is 14.9 Å². The van der Waals surface area contributed by atoms with Gasteiger partial charge in [-0.1, -0.05) is 60.1 Å². The third-order valence-corrected chi connectivity index (χ3v) is 6.80. The van der Waals surface area contributed by atoms with E-state index in [1.807, 2.05) is 43.3 Å². The molecule has 2 aliphatic heterocycles. The number of anilines is 1. The molecule has 0 unspecified atom stereocenters. The second kappa shape index (κ2) is 8.17. The predicted molar refractivity (Wildman–Crippen MR) is 125 cm³/mol. The number of hydrogen-bond donors (Lipinski definition) is 2. The second-order valence-corrected chi connectivity index (χ2v) is 8.89. The fourth-order valence-electron chi connectivity index (χ4n) is 5.15. The van der Waals surface area contributed by atoms with Crippen LogP contribution in [-0.4, -0.2) is 22.9 Å². The lowest BCUT2D eigenvalue weighted by Crippen LogP contribution is -2.54. The zero-order valence-corrected chi connectivity index (χ0v) is 18.6. The van der Waals surface area contributed by atoms with Crippen LogP contribution in [0.25, 0.3) is 0 Å². The van der Waals surface area contributed by atoms with Gasteiger partial charge in [-0.2, -0.15) is 0 Å². The quantitative estimate of drug-likeness (QED) is 0.429. The van der Waals surface area contributed by atoms with E-state index in [4.69, 9.17) is 16.3 Å². The van der Waals surface area contributed by atoms with Gasteiger partial charge in [0.2, 0.25) is 0 Å². The normalized spacial score (nSPS) is 25.6. The van der Waals surface area contributed by atoms with Crippen LogP contribution < -0.4 is 15.4 Å². The molecule has 0 radical (unpaired) electrons. The number of nitro groups is 1. The minimum absolute atomic E-state index is 0.292. The van der Waals surface area contributed by atoms with Gasteiger partial charge in [-0.15, -0.1) is 0 Å². The molecule has 1 amide bonds. The first kappa shape index (κ1) is 21.4. The van der Waals surface area contributed by atoms with Crippen LogP contribution in [-0.2, 0) is 16.9 Å². The molecule has 7 nitrogen and oxygen atoms in total. The zero-order chi connectivity index (χ0) is 23.2. The monoisotopic (exact) mass is 463 g/mol. The largest absolute Gasteiger partial charge is 0.489 e. The van der Waals surface area contributed by atoms with E-state index in [1.54, 1.807) is 36.4 Å². The summed E-state index contributed by atoms with van der Waals surface area (Å²) < 4.78 is 6.11. The van der Waals surface area contributed by atoms with Gasteiger partial charge in [0.05, 0.1) is 5.92 Å². The summed E-state index contributed by atoms with van der Waals surface area (Å²) in [7, 11) is 0. The van der Waals surface area contributed by atoms with Crippen molar-refractivity contribution in [3.8, 4) is 5.75 Å².